The van der Waals surface area contributed by atoms with Crippen LogP contribution in [0, 0.1) is 5.92 Å². The van der Waals surface area contributed by atoms with Crippen LogP contribution in [0.3, 0.4) is 0 Å². The summed E-state index contributed by atoms with van der Waals surface area (Å²) in [6.07, 6.45) is 5.24. The van der Waals surface area contributed by atoms with E-state index in [1.807, 2.05) is 18.4 Å². The van der Waals surface area contributed by atoms with Gasteiger partial charge in [-0.1, -0.05) is 24.8 Å². The molecule has 0 bridgehead atoms. The summed E-state index contributed by atoms with van der Waals surface area (Å²) in [7, 11) is 1.67. The summed E-state index contributed by atoms with van der Waals surface area (Å²) < 4.78 is 5.17. The summed E-state index contributed by atoms with van der Waals surface area (Å²) in [6.45, 7) is 7.79. The third kappa shape index (κ3) is 3.10. The van der Waals surface area contributed by atoms with E-state index in [-0.39, 0.29) is 5.92 Å². The molecule has 0 aliphatic heterocycles. The molecule has 0 heterocycles. The molecule has 0 spiro atoms. The molecule has 108 valence electrons. The van der Waals surface area contributed by atoms with Gasteiger partial charge in [-0.3, -0.25) is 0 Å². The van der Waals surface area contributed by atoms with Gasteiger partial charge in [0.05, 0.1) is 12.7 Å². The summed E-state index contributed by atoms with van der Waals surface area (Å²) in [4.78, 5) is 0.993. The second-order valence-electron chi connectivity index (χ2n) is 5.34. The zero-order chi connectivity index (χ0) is 14.8. The van der Waals surface area contributed by atoms with Gasteiger partial charge < -0.3 is 9.84 Å². The highest BCUT2D eigenvalue weighted by Crippen LogP contribution is 2.55. The fourth-order valence-electron chi connectivity index (χ4n) is 2.71. The zero-order valence-corrected chi connectivity index (χ0v) is 13.0. The first-order chi connectivity index (χ1) is 9.54. The maximum absolute atomic E-state index is 10.8. The molecular formula is C17H22O2S. The van der Waals surface area contributed by atoms with Crippen molar-refractivity contribution in [3.8, 4) is 5.75 Å². The van der Waals surface area contributed by atoms with Gasteiger partial charge in [0, 0.05) is 6.42 Å². The van der Waals surface area contributed by atoms with Crippen LogP contribution in [-0.2, 0) is 0 Å². The molecule has 0 amide bonds. The number of hydrogen-bond acceptors (Lipinski definition) is 3. The molecule has 3 heteroatoms. The van der Waals surface area contributed by atoms with Crippen molar-refractivity contribution in [1.82, 2.24) is 0 Å². The van der Waals surface area contributed by atoms with Crippen molar-refractivity contribution in [1.29, 1.82) is 0 Å². The van der Waals surface area contributed by atoms with Crippen LogP contribution >= 0.6 is 11.8 Å². The monoisotopic (exact) mass is 290 g/mol. The lowest BCUT2D eigenvalue weighted by atomic mass is 9.91. The minimum absolute atomic E-state index is 0.234. The molecule has 1 aromatic carbocycles. The number of aliphatic hydroxyl groups is 1. The van der Waals surface area contributed by atoms with E-state index in [2.05, 4.69) is 25.3 Å². The summed E-state index contributed by atoms with van der Waals surface area (Å²) >= 11 is 1.60. The predicted molar refractivity (Wildman–Crippen MR) is 86.3 cm³/mol. The molecule has 1 aliphatic carbocycles. The van der Waals surface area contributed by atoms with Crippen molar-refractivity contribution in [2.24, 2.45) is 5.92 Å². The van der Waals surface area contributed by atoms with Crippen LogP contribution in [-0.4, -0.2) is 24.1 Å². The number of thioether (sulfide) groups is 1. The average molecular weight is 290 g/mol. The van der Waals surface area contributed by atoms with Gasteiger partial charge >= 0.3 is 0 Å². The summed E-state index contributed by atoms with van der Waals surface area (Å²) in [5, 5.41) is 10.8. The normalized spacial score (nSPS) is 23.8. The summed E-state index contributed by atoms with van der Waals surface area (Å²) in [5.41, 5.74) is 0.413. The molecule has 1 aromatic rings. The zero-order valence-electron chi connectivity index (χ0n) is 12.1. The predicted octanol–water partition coefficient (Wildman–Crippen LogP) is 3.98. The van der Waals surface area contributed by atoms with Crippen LogP contribution in [0.2, 0.25) is 0 Å². The quantitative estimate of drug-likeness (QED) is 0.770. The molecule has 1 fully saturated rings. The average Bonchev–Trinajstić information content (AvgIpc) is 3.28. The van der Waals surface area contributed by atoms with E-state index in [0.29, 0.717) is 12.3 Å². The maximum Gasteiger partial charge on any atom is 0.118 e. The number of ether oxygens (including phenoxy) is 1. The molecule has 20 heavy (non-hydrogen) atoms. The summed E-state index contributed by atoms with van der Waals surface area (Å²) in [5.74, 6) is 1.50. The Bertz CT molecular complexity index is 494. The fraction of sp³-hybridized carbons (Fsp3) is 0.412. The highest BCUT2D eigenvalue weighted by molar-refractivity contribution is 8.02. The largest absolute Gasteiger partial charge is 0.497 e. The first-order valence-corrected chi connectivity index (χ1v) is 7.98. The molecule has 3 unspecified atom stereocenters. The highest BCUT2D eigenvalue weighted by Gasteiger charge is 2.50. The summed E-state index contributed by atoms with van der Waals surface area (Å²) in [6, 6.07) is 8.10. The Morgan fingerprint density at radius 1 is 1.50 bits per heavy atom. The van der Waals surface area contributed by atoms with Crippen LogP contribution in [0.1, 0.15) is 24.3 Å². The Kier molecular flexibility index (Phi) is 4.61. The van der Waals surface area contributed by atoms with Gasteiger partial charge in [0.2, 0.25) is 0 Å². The van der Waals surface area contributed by atoms with E-state index in [1.54, 1.807) is 24.9 Å². The SMILES string of the molecule is C=CC(O)(CC(=C)SC)C1CC1c1ccc(OC)cc1. The van der Waals surface area contributed by atoms with Crippen molar-refractivity contribution in [3.05, 3.63) is 54.0 Å². The maximum atomic E-state index is 10.8. The molecule has 0 radical (unpaired) electrons. The fourth-order valence-corrected chi connectivity index (χ4v) is 3.09. The van der Waals surface area contributed by atoms with Crippen LogP contribution < -0.4 is 4.74 Å². The van der Waals surface area contributed by atoms with Crippen LogP contribution in [0.15, 0.2) is 48.4 Å². The minimum Gasteiger partial charge on any atom is -0.497 e. The lowest BCUT2D eigenvalue weighted by molar-refractivity contribution is 0.0680. The van der Waals surface area contributed by atoms with Gasteiger partial charge in [-0.2, -0.15) is 0 Å². The van der Waals surface area contributed by atoms with E-state index in [4.69, 9.17) is 4.74 Å². The number of hydrogen-bond donors (Lipinski definition) is 1. The first kappa shape index (κ1) is 15.2. The molecule has 2 rings (SSSR count). The lowest BCUT2D eigenvalue weighted by Crippen LogP contribution is -2.29. The van der Waals surface area contributed by atoms with Gasteiger partial charge in [-0.05, 0) is 47.1 Å². The van der Waals surface area contributed by atoms with E-state index >= 15 is 0 Å². The lowest BCUT2D eigenvalue weighted by Gasteiger charge is -2.25. The van der Waals surface area contributed by atoms with Gasteiger partial charge in [-0.15, -0.1) is 18.3 Å². The van der Waals surface area contributed by atoms with E-state index < -0.39 is 5.60 Å². The number of methoxy groups -OCH3 is 1. The molecule has 1 aliphatic rings. The van der Waals surface area contributed by atoms with Crippen molar-refractivity contribution in [2.75, 3.05) is 13.4 Å². The molecule has 3 atom stereocenters. The van der Waals surface area contributed by atoms with Crippen molar-refractivity contribution in [2.45, 2.75) is 24.4 Å². The third-order valence-corrected chi connectivity index (χ3v) is 4.82. The second-order valence-corrected chi connectivity index (χ2v) is 6.32. The van der Waals surface area contributed by atoms with E-state index in [1.165, 1.54) is 5.56 Å². The topological polar surface area (TPSA) is 29.5 Å². The molecular weight excluding hydrogens is 268 g/mol. The second kappa shape index (κ2) is 6.06. The van der Waals surface area contributed by atoms with Crippen LogP contribution in [0.4, 0.5) is 0 Å². The first-order valence-electron chi connectivity index (χ1n) is 6.75. The van der Waals surface area contributed by atoms with Gasteiger partial charge in [0.1, 0.15) is 5.75 Å². The van der Waals surface area contributed by atoms with E-state index in [0.717, 1.165) is 17.1 Å². The Morgan fingerprint density at radius 2 is 2.15 bits per heavy atom. The molecule has 1 saturated carbocycles. The van der Waals surface area contributed by atoms with E-state index in [9.17, 15) is 5.11 Å². The van der Waals surface area contributed by atoms with Crippen molar-refractivity contribution in [3.63, 3.8) is 0 Å². The molecule has 2 nitrogen and oxygen atoms in total. The Labute approximate surface area is 125 Å². The Balaban J connectivity index is 2.08. The van der Waals surface area contributed by atoms with Gasteiger partial charge in [0.15, 0.2) is 0 Å². The number of rotatable bonds is 7. The Morgan fingerprint density at radius 3 is 2.65 bits per heavy atom. The van der Waals surface area contributed by atoms with Crippen molar-refractivity contribution < 1.29 is 9.84 Å². The minimum atomic E-state index is -0.843. The van der Waals surface area contributed by atoms with Crippen LogP contribution in [0.25, 0.3) is 0 Å². The number of benzene rings is 1. The molecule has 0 aromatic heterocycles. The smallest absolute Gasteiger partial charge is 0.118 e. The van der Waals surface area contributed by atoms with Gasteiger partial charge in [0.25, 0.3) is 0 Å². The molecule has 1 N–H and O–H groups in total. The standard InChI is InChI=1S/C17H22O2S/c1-5-17(18,11-12(2)20-4)16-10-15(16)13-6-8-14(19-3)9-7-13/h5-9,15-16,18H,1-2,10-11H2,3-4H3. The Hall–Kier alpha value is -1.19. The van der Waals surface area contributed by atoms with Gasteiger partial charge in [-0.25, -0.2) is 0 Å². The highest BCUT2D eigenvalue weighted by atomic mass is 32.2. The molecule has 0 saturated heterocycles. The van der Waals surface area contributed by atoms with Crippen LogP contribution in [0.5, 0.6) is 5.75 Å². The third-order valence-electron chi connectivity index (χ3n) is 4.10. The van der Waals surface area contributed by atoms with Crippen molar-refractivity contribution >= 4 is 11.8 Å².